The fourth-order valence-corrected chi connectivity index (χ4v) is 2.90. The lowest BCUT2D eigenvalue weighted by Gasteiger charge is -2.16. The molecule has 0 amide bonds. The second kappa shape index (κ2) is 6.86. The van der Waals surface area contributed by atoms with Crippen LogP contribution in [0.5, 0.6) is 5.75 Å². The van der Waals surface area contributed by atoms with Crippen molar-refractivity contribution < 1.29 is 23.9 Å². The number of Topliss-reactive ketones (excluding diaryl/α,β-unsaturated/α-hetero) is 1. The van der Waals surface area contributed by atoms with Crippen molar-refractivity contribution >= 4 is 11.5 Å². The van der Waals surface area contributed by atoms with Crippen molar-refractivity contribution in [3.05, 3.63) is 69.8 Å². The van der Waals surface area contributed by atoms with Crippen LogP contribution in [-0.4, -0.2) is 29.7 Å². The fraction of sp³-hybridized carbons (Fsp3) is 0.316. The third-order valence-electron chi connectivity index (χ3n) is 4.16. The van der Waals surface area contributed by atoms with Crippen molar-refractivity contribution in [3.63, 3.8) is 0 Å². The van der Waals surface area contributed by atoms with Gasteiger partial charge < -0.3 is 14.2 Å². The highest BCUT2D eigenvalue weighted by atomic mass is 16.8. The first-order chi connectivity index (χ1) is 12.3. The summed E-state index contributed by atoms with van der Waals surface area (Å²) in [5.41, 5.74) is 1.10. The van der Waals surface area contributed by atoms with Crippen molar-refractivity contribution in [2.45, 2.75) is 31.8 Å². The van der Waals surface area contributed by atoms with Crippen LogP contribution in [0.25, 0.3) is 0 Å². The molecule has 2 atom stereocenters. The fourth-order valence-electron chi connectivity index (χ4n) is 2.90. The predicted molar refractivity (Wildman–Crippen MR) is 93.2 cm³/mol. The molecule has 1 aliphatic heterocycles. The van der Waals surface area contributed by atoms with Crippen LogP contribution in [0.1, 0.15) is 35.9 Å². The molecule has 2 aromatic carbocycles. The molecule has 1 fully saturated rings. The zero-order valence-electron chi connectivity index (χ0n) is 14.7. The number of ether oxygens (including phenoxy) is 3. The predicted octanol–water partition coefficient (Wildman–Crippen LogP) is 3.68. The highest BCUT2D eigenvalue weighted by Gasteiger charge is 2.46. The SMILES string of the molecule is COc1ccc(C(=O)C2OC(C)(C)OC2c2ccc([N+](=O)[O-])cc2)cc1. The summed E-state index contributed by atoms with van der Waals surface area (Å²) in [5, 5.41) is 10.8. The van der Waals surface area contributed by atoms with Gasteiger partial charge in [-0.15, -0.1) is 0 Å². The first kappa shape index (κ1) is 18.0. The molecule has 3 rings (SSSR count). The first-order valence-electron chi connectivity index (χ1n) is 8.09. The minimum absolute atomic E-state index is 0.0232. The lowest BCUT2D eigenvalue weighted by molar-refractivity contribution is -0.384. The molecule has 0 aliphatic carbocycles. The summed E-state index contributed by atoms with van der Waals surface area (Å²) in [7, 11) is 1.55. The summed E-state index contributed by atoms with van der Waals surface area (Å²) in [6, 6.07) is 12.7. The van der Waals surface area contributed by atoms with E-state index in [0.717, 1.165) is 0 Å². The highest BCUT2D eigenvalue weighted by molar-refractivity contribution is 6.00. The second-order valence-corrected chi connectivity index (χ2v) is 6.42. The number of hydrogen-bond donors (Lipinski definition) is 0. The van der Waals surface area contributed by atoms with Gasteiger partial charge >= 0.3 is 0 Å². The number of ketones is 1. The number of carbonyl (C=O) groups excluding carboxylic acids is 1. The molecule has 0 spiro atoms. The summed E-state index contributed by atoms with van der Waals surface area (Å²) in [6.07, 6.45) is -1.50. The van der Waals surface area contributed by atoms with E-state index in [9.17, 15) is 14.9 Å². The van der Waals surface area contributed by atoms with Crippen molar-refractivity contribution in [3.8, 4) is 5.75 Å². The van der Waals surface area contributed by atoms with Crippen LogP contribution >= 0.6 is 0 Å². The summed E-state index contributed by atoms with van der Waals surface area (Å²) in [6.45, 7) is 3.46. The topological polar surface area (TPSA) is 87.9 Å². The summed E-state index contributed by atoms with van der Waals surface area (Å²) < 4.78 is 16.8. The quantitative estimate of drug-likeness (QED) is 0.461. The molecule has 1 aliphatic rings. The molecule has 26 heavy (non-hydrogen) atoms. The van der Waals surface area contributed by atoms with E-state index in [4.69, 9.17) is 14.2 Å². The molecule has 2 aromatic rings. The van der Waals surface area contributed by atoms with E-state index >= 15 is 0 Å². The number of rotatable bonds is 5. The minimum Gasteiger partial charge on any atom is -0.497 e. The van der Waals surface area contributed by atoms with Crippen LogP contribution in [-0.2, 0) is 9.47 Å². The Hall–Kier alpha value is -2.77. The molecule has 0 radical (unpaired) electrons. The Morgan fingerprint density at radius 2 is 1.69 bits per heavy atom. The maximum absolute atomic E-state index is 12.9. The zero-order valence-corrected chi connectivity index (χ0v) is 14.7. The Kier molecular flexibility index (Phi) is 4.76. The monoisotopic (exact) mass is 357 g/mol. The molecule has 7 nitrogen and oxygen atoms in total. The van der Waals surface area contributed by atoms with Crippen LogP contribution in [0.4, 0.5) is 5.69 Å². The molecule has 0 aromatic heterocycles. The number of nitro groups is 1. The molecule has 0 N–H and O–H groups in total. The van der Waals surface area contributed by atoms with Crippen molar-refractivity contribution in [1.29, 1.82) is 0 Å². The number of nitrogens with zero attached hydrogens (tertiary/aromatic N) is 1. The van der Waals surface area contributed by atoms with Gasteiger partial charge in [0.15, 0.2) is 17.7 Å². The van der Waals surface area contributed by atoms with Gasteiger partial charge in [-0.1, -0.05) is 0 Å². The maximum atomic E-state index is 12.9. The third-order valence-corrected chi connectivity index (χ3v) is 4.16. The van der Waals surface area contributed by atoms with Crippen LogP contribution in [0.2, 0.25) is 0 Å². The van der Waals surface area contributed by atoms with Crippen molar-refractivity contribution in [2.24, 2.45) is 0 Å². The third kappa shape index (κ3) is 3.58. The van der Waals surface area contributed by atoms with Crippen LogP contribution in [0.3, 0.4) is 0 Å². The molecule has 1 heterocycles. The number of non-ortho nitro benzene ring substituents is 1. The van der Waals surface area contributed by atoms with Crippen LogP contribution in [0, 0.1) is 10.1 Å². The number of carbonyl (C=O) groups is 1. The smallest absolute Gasteiger partial charge is 0.269 e. The van der Waals surface area contributed by atoms with Gasteiger partial charge in [0.05, 0.1) is 12.0 Å². The summed E-state index contributed by atoms with van der Waals surface area (Å²) in [5.74, 6) is -0.516. The number of hydrogen-bond acceptors (Lipinski definition) is 6. The van der Waals surface area contributed by atoms with Gasteiger partial charge in [0.1, 0.15) is 11.9 Å². The normalized spacial score (nSPS) is 21.3. The Bertz CT molecular complexity index is 813. The van der Waals surface area contributed by atoms with Crippen molar-refractivity contribution in [1.82, 2.24) is 0 Å². The van der Waals surface area contributed by atoms with E-state index in [1.807, 2.05) is 0 Å². The highest BCUT2D eigenvalue weighted by Crippen LogP contribution is 2.40. The van der Waals surface area contributed by atoms with Gasteiger partial charge in [0, 0.05) is 17.7 Å². The van der Waals surface area contributed by atoms with E-state index in [0.29, 0.717) is 16.9 Å². The lowest BCUT2D eigenvalue weighted by atomic mass is 9.97. The molecular weight excluding hydrogens is 338 g/mol. The maximum Gasteiger partial charge on any atom is 0.269 e. The number of benzene rings is 2. The van der Waals surface area contributed by atoms with E-state index in [1.165, 1.54) is 12.1 Å². The van der Waals surface area contributed by atoms with Gasteiger partial charge in [0.2, 0.25) is 0 Å². The Labute approximate surface area is 150 Å². The van der Waals surface area contributed by atoms with Crippen LogP contribution < -0.4 is 4.74 Å². The Balaban J connectivity index is 1.89. The average molecular weight is 357 g/mol. The molecule has 0 saturated carbocycles. The standard InChI is InChI=1S/C19H19NO6/c1-19(2)25-17(13-4-8-14(9-5-13)20(22)23)18(26-19)16(21)12-6-10-15(24-3)11-7-12/h4-11,17-18H,1-3H3. The van der Waals surface area contributed by atoms with E-state index < -0.39 is 22.9 Å². The van der Waals surface area contributed by atoms with E-state index in [1.54, 1.807) is 57.4 Å². The number of methoxy groups -OCH3 is 1. The first-order valence-corrected chi connectivity index (χ1v) is 8.09. The summed E-state index contributed by atoms with van der Waals surface area (Å²) in [4.78, 5) is 23.3. The van der Waals surface area contributed by atoms with Gasteiger partial charge in [-0.3, -0.25) is 14.9 Å². The Morgan fingerprint density at radius 1 is 1.08 bits per heavy atom. The largest absolute Gasteiger partial charge is 0.497 e. The molecule has 1 saturated heterocycles. The van der Waals surface area contributed by atoms with E-state index in [-0.39, 0.29) is 11.5 Å². The average Bonchev–Trinajstić information content (AvgIpc) is 2.97. The van der Waals surface area contributed by atoms with Gasteiger partial charge in [-0.05, 0) is 55.8 Å². The van der Waals surface area contributed by atoms with Crippen LogP contribution in [0.15, 0.2) is 48.5 Å². The molecular formula is C19H19NO6. The van der Waals surface area contributed by atoms with Gasteiger partial charge in [-0.2, -0.15) is 0 Å². The lowest BCUT2D eigenvalue weighted by Crippen LogP contribution is -2.28. The molecule has 136 valence electrons. The second-order valence-electron chi connectivity index (χ2n) is 6.42. The molecule has 7 heteroatoms. The Morgan fingerprint density at radius 3 is 2.23 bits per heavy atom. The number of nitro benzene ring substituents is 1. The summed E-state index contributed by atoms with van der Waals surface area (Å²) >= 11 is 0. The van der Waals surface area contributed by atoms with Crippen molar-refractivity contribution in [2.75, 3.05) is 7.11 Å². The molecule has 0 bridgehead atoms. The van der Waals surface area contributed by atoms with Gasteiger partial charge in [-0.25, -0.2) is 0 Å². The van der Waals surface area contributed by atoms with E-state index in [2.05, 4.69) is 0 Å². The zero-order chi connectivity index (χ0) is 18.9. The van der Waals surface area contributed by atoms with Gasteiger partial charge in [0.25, 0.3) is 5.69 Å². The molecule has 2 unspecified atom stereocenters. The minimum atomic E-state index is -0.945.